The number of benzene rings is 1. The summed E-state index contributed by atoms with van der Waals surface area (Å²) in [6.07, 6.45) is 1.20. The van der Waals surface area contributed by atoms with Crippen molar-refractivity contribution in [2.45, 2.75) is 4.90 Å². The summed E-state index contributed by atoms with van der Waals surface area (Å²) in [5, 5.41) is 11.1. The molecule has 25 heavy (non-hydrogen) atoms. The second-order valence-corrected chi connectivity index (χ2v) is 7.85. The van der Waals surface area contributed by atoms with Gasteiger partial charge in [-0.05, 0) is 30.3 Å². The molecule has 0 radical (unpaired) electrons. The van der Waals surface area contributed by atoms with Crippen LogP contribution in [0.15, 0.2) is 47.5 Å². The zero-order valence-corrected chi connectivity index (χ0v) is 14.7. The molecule has 0 bridgehead atoms. The first kappa shape index (κ1) is 17.6. The zero-order chi connectivity index (χ0) is 18.0. The van der Waals surface area contributed by atoms with Crippen molar-refractivity contribution in [2.24, 2.45) is 0 Å². The van der Waals surface area contributed by atoms with E-state index in [2.05, 4.69) is 4.98 Å². The van der Waals surface area contributed by atoms with Crippen molar-refractivity contribution in [1.29, 1.82) is 0 Å². The first-order chi connectivity index (χ1) is 11.9. The van der Waals surface area contributed by atoms with Gasteiger partial charge in [-0.1, -0.05) is 11.6 Å². The summed E-state index contributed by atoms with van der Waals surface area (Å²) in [6.45, 7) is 1.53. The lowest BCUT2D eigenvalue weighted by Gasteiger charge is -2.34. The highest BCUT2D eigenvalue weighted by molar-refractivity contribution is 7.89. The van der Waals surface area contributed by atoms with Gasteiger partial charge in [0.05, 0.1) is 9.82 Å². The number of nitrogens with zero attached hydrogens (tertiary/aromatic N) is 4. The number of piperazine rings is 1. The van der Waals surface area contributed by atoms with Crippen molar-refractivity contribution in [3.8, 4) is 0 Å². The molecule has 1 aromatic heterocycles. The number of hydrogen-bond donors (Lipinski definition) is 0. The van der Waals surface area contributed by atoms with Crippen LogP contribution in [0.5, 0.6) is 0 Å². The summed E-state index contributed by atoms with van der Waals surface area (Å²) in [5.41, 5.74) is -0.0762. The molecule has 0 atom stereocenters. The van der Waals surface area contributed by atoms with E-state index in [9.17, 15) is 18.5 Å². The van der Waals surface area contributed by atoms with E-state index in [1.54, 1.807) is 18.2 Å². The van der Waals surface area contributed by atoms with Gasteiger partial charge < -0.3 is 4.90 Å². The molecule has 10 heteroatoms. The van der Waals surface area contributed by atoms with Crippen LogP contribution in [-0.4, -0.2) is 48.8 Å². The Morgan fingerprint density at radius 1 is 1.04 bits per heavy atom. The minimum Gasteiger partial charge on any atom is -0.354 e. The number of rotatable bonds is 4. The van der Waals surface area contributed by atoms with Crippen LogP contribution in [0.25, 0.3) is 0 Å². The predicted molar refractivity (Wildman–Crippen MR) is 93.3 cm³/mol. The first-order valence-electron chi connectivity index (χ1n) is 7.49. The van der Waals surface area contributed by atoms with Crippen LogP contribution in [-0.2, 0) is 10.0 Å². The van der Waals surface area contributed by atoms with Gasteiger partial charge in [-0.15, -0.1) is 0 Å². The monoisotopic (exact) mass is 382 g/mol. The van der Waals surface area contributed by atoms with E-state index in [-0.39, 0.29) is 10.6 Å². The molecule has 1 fully saturated rings. The van der Waals surface area contributed by atoms with Crippen LogP contribution in [0.3, 0.4) is 0 Å². The Kier molecular flexibility index (Phi) is 4.89. The molecule has 2 aromatic rings. The highest BCUT2D eigenvalue weighted by Gasteiger charge is 2.29. The second-order valence-electron chi connectivity index (χ2n) is 5.48. The molecule has 1 saturated heterocycles. The fourth-order valence-electron chi connectivity index (χ4n) is 2.59. The lowest BCUT2D eigenvalue weighted by molar-refractivity contribution is -0.385. The maximum Gasteiger partial charge on any atom is 0.287 e. The fourth-order valence-corrected chi connectivity index (χ4v) is 4.13. The maximum atomic E-state index is 12.6. The van der Waals surface area contributed by atoms with E-state index in [0.29, 0.717) is 37.0 Å². The number of sulfonamides is 1. The Hall–Kier alpha value is -2.23. The molecule has 1 aliphatic heterocycles. The van der Waals surface area contributed by atoms with Crippen LogP contribution in [0, 0.1) is 10.1 Å². The molecule has 1 aliphatic rings. The molecule has 0 unspecified atom stereocenters. The summed E-state index contributed by atoms with van der Waals surface area (Å²) in [4.78, 5) is 16.3. The lowest BCUT2D eigenvalue weighted by Crippen LogP contribution is -2.48. The Balaban J connectivity index is 1.69. The van der Waals surface area contributed by atoms with E-state index in [0.717, 1.165) is 0 Å². The van der Waals surface area contributed by atoms with Gasteiger partial charge in [-0.2, -0.15) is 4.31 Å². The summed E-state index contributed by atoms with van der Waals surface area (Å²) in [6, 6.07) is 9.03. The van der Waals surface area contributed by atoms with Crippen LogP contribution < -0.4 is 4.90 Å². The Morgan fingerprint density at radius 3 is 2.20 bits per heavy atom. The number of anilines is 1. The molecule has 3 rings (SSSR count). The van der Waals surface area contributed by atoms with Crippen molar-refractivity contribution in [3.63, 3.8) is 0 Å². The van der Waals surface area contributed by atoms with Gasteiger partial charge in [-0.3, -0.25) is 10.1 Å². The van der Waals surface area contributed by atoms with Crippen molar-refractivity contribution in [3.05, 3.63) is 57.7 Å². The Bertz CT molecular complexity index is 863. The van der Waals surface area contributed by atoms with Crippen LogP contribution in [0.1, 0.15) is 0 Å². The third-order valence-corrected chi connectivity index (χ3v) is 6.12. The molecular formula is C15H15ClN4O4S. The molecule has 0 saturated carbocycles. The minimum absolute atomic E-state index is 0.0762. The second kappa shape index (κ2) is 6.95. The summed E-state index contributed by atoms with van der Waals surface area (Å²) in [5.74, 6) is 0.592. The van der Waals surface area contributed by atoms with E-state index in [1.807, 2.05) is 4.90 Å². The largest absolute Gasteiger partial charge is 0.354 e. The normalized spacial score (nSPS) is 16.0. The standard InChI is InChI=1S/C15H15ClN4O4S/c16-12-1-4-14(5-2-12)25(23,24)19-9-7-18(8-10-19)15-6-3-13(11-17-15)20(21)22/h1-6,11H,7-10H2. The van der Waals surface area contributed by atoms with Gasteiger partial charge in [0.2, 0.25) is 10.0 Å². The highest BCUT2D eigenvalue weighted by atomic mass is 35.5. The highest BCUT2D eigenvalue weighted by Crippen LogP contribution is 2.22. The smallest absolute Gasteiger partial charge is 0.287 e. The molecule has 0 amide bonds. The molecule has 0 N–H and O–H groups in total. The SMILES string of the molecule is O=[N+]([O-])c1ccc(N2CCN(S(=O)(=O)c3ccc(Cl)cc3)CC2)nc1. The molecule has 0 aliphatic carbocycles. The maximum absolute atomic E-state index is 12.6. The minimum atomic E-state index is -3.56. The Morgan fingerprint density at radius 2 is 1.68 bits per heavy atom. The number of pyridine rings is 1. The van der Waals surface area contributed by atoms with Gasteiger partial charge >= 0.3 is 0 Å². The van der Waals surface area contributed by atoms with Crippen molar-refractivity contribution in [1.82, 2.24) is 9.29 Å². The quantitative estimate of drug-likeness (QED) is 0.593. The first-order valence-corrected chi connectivity index (χ1v) is 9.31. The van der Waals surface area contributed by atoms with E-state index < -0.39 is 14.9 Å². The Labute approximate surface area is 149 Å². The van der Waals surface area contributed by atoms with E-state index in [1.165, 1.54) is 28.7 Å². The third-order valence-electron chi connectivity index (χ3n) is 3.96. The molecule has 8 nitrogen and oxygen atoms in total. The van der Waals surface area contributed by atoms with Gasteiger partial charge in [0.25, 0.3) is 5.69 Å². The topological polar surface area (TPSA) is 96.6 Å². The van der Waals surface area contributed by atoms with E-state index >= 15 is 0 Å². The molecule has 2 heterocycles. The van der Waals surface area contributed by atoms with Crippen LogP contribution in [0.2, 0.25) is 5.02 Å². The predicted octanol–water partition coefficient (Wildman–Crippen LogP) is 2.15. The van der Waals surface area contributed by atoms with Crippen molar-refractivity contribution in [2.75, 3.05) is 31.1 Å². The average molecular weight is 383 g/mol. The molecule has 0 spiro atoms. The molecule has 1 aromatic carbocycles. The number of aromatic nitrogens is 1. The third kappa shape index (κ3) is 3.73. The van der Waals surface area contributed by atoms with Crippen LogP contribution >= 0.6 is 11.6 Å². The van der Waals surface area contributed by atoms with Gasteiger partial charge in [-0.25, -0.2) is 13.4 Å². The summed E-state index contributed by atoms with van der Waals surface area (Å²) >= 11 is 5.80. The van der Waals surface area contributed by atoms with Gasteiger partial charge in [0.15, 0.2) is 0 Å². The molecule has 132 valence electrons. The van der Waals surface area contributed by atoms with Gasteiger partial charge in [0, 0.05) is 37.3 Å². The fraction of sp³-hybridized carbons (Fsp3) is 0.267. The zero-order valence-electron chi connectivity index (χ0n) is 13.1. The summed E-state index contributed by atoms with van der Waals surface area (Å²) < 4.78 is 26.7. The number of nitro groups is 1. The van der Waals surface area contributed by atoms with Crippen molar-refractivity contribution < 1.29 is 13.3 Å². The van der Waals surface area contributed by atoms with Crippen LogP contribution in [0.4, 0.5) is 11.5 Å². The number of hydrogen-bond acceptors (Lipinski definition) is 6. The van der Waals surface area contributed by atoms with Crippen molar-refractivity contribution >= 4 is 33.1 Å². The molecular weight excluding hydrogens is 368 g/mol. The average Bonchev–Trinajstić information content (AvgIpc) is 2.62. The van der Waals surface area contributed by atoms with E-state index in [4.69, 9.17) is 11.6 Å². The summed E-state index contributed by atoms with van der Waals surface area (Å²) in [7, 11) is -3.56. The lowest BCUT2D eigenvalue weighted by atomic mass is 10.3. The van der Waals surface area contributed by atoms with Gasteiger partial charge in [0.1, 0.15) is 12.0 Å². The number of halogens is 1.